The first-order chi connectivity index (χ1) is 14.9. The topological polar surface area (TPSA) is 81.7 Å². The second kappa shape index (κ2) is 8.77. The molecule has 0 spiro atoms. The molecule has 3 aromatic carbocycles. The van der Waals surface area contributed by atoms with Crippen LogP contribution in [0, 0.1) is 5.82 Å². The number of carbonyl (C=O) groups is 1. The smallest absolute Gasteiger partial charge is 0.264 e. The zero-order valence-electron chi connectivity index (χ0n) is 16.4. The summed E-state index contributed by atoms with van der Waals surface area (Å²) in [7, 11) is -3.90. The van der Waals surface area contributed by atoms with E-state index in [1.807, 2.05) is 0 Å². The number of amides is 1. The van der Waals surface area contributed by atoms with Gasteiger partial charge in [-0.15, -0.1) is 0 Å². The lowest BCUT2D eigenvalue weighted by Crippen LogP contribution is -2.45. The first-order valence-electron chi connectivity index (χ1n) is 9.66. The lowest BCUT2D eigenvalue weighted by atomic mass is 10.1. The molecule has 2 atom stereocenters. The fourth-order valence-corrected chi connectivity index (χ4v) is 4.98. The fourth-order valence-electron chi connectivity index (χ4n) is 3.32. The lowest BCUT2D eigenvalue weighted by molar-refractivity contribution is -0.130. The van der Waals surface area contributed by atoms with E-state index in [2.05, 4.69) is 5.32 Å². The fraction of sp³-hybridized carbons (Fsp3) is 0.174. The van der Waals surface area contributed by atoms with Gasteiger partial charge in [-0.2, -0.15) is 0 Å². The Bertz CT molecular complexity index is 1170. The molecule has 0 fully saturated rings. The van der Waals surface area contributed by atoms with E-state index >= 15 is 0 Å². The Balaban J connectivity index is 1.53. The third-order valence-electron chi connectivity index (χ3n) is 4.95. The van der Waals surface area contributed by atoms with Gasteiger partial charge in [0.15, 0.2) is 21.3 Å². The SMILES string of the molecule is O=C(NCC(c1ccccc1)S(=O)(=O)c1ccc(F)cc1)C1COc2ccccc2O1. The third kappa shape index (κ3) is 4.54. The highest BCUT2D eigenvalue weighted by molar-refractivity contribution is 7.91. The molecular formula is C23H20FNO5S. The molecule has 8 heteroatoms. The number of para-hydroxylation sites is 2. The minimum atomic E-state index is -3.90. The first-order valence-corrected chi connectivity index (χ1v) is 11.2. The first kappa shape index (κ1) is 20.9. The normalized spacial score (nSPS) is 16.4. The van der Waals surface area contributed by atoms with Gasteiger partial charge in [-0.1, -0.05) is 42.5 Å². The van der Waals surface area contributed by atoms with Gasteiger partial charge >= 0.3 is 0 Å². The molecule has 1 heterocycles. The Morgan fingerprint density at radius 1 is 0.968 bits per heavy atom. The number of hydrogen-bond donors (Lipinski definition) is 1. The van der Waals surface area contributed by atoms with Gasteiger partial charge in [0, 0.05) is 6.54 Å². The summed E-state index contributed by atoms with van der Waals surface area (Å²) in [5.74, 6) is -0.0111. The Morgan fingerprint density at radius 3 is 2.32 bits per heavy atom. The molecule has 0 radical (unpaired) electrons. The van der Waals surface area contributed by atoms with Gasteiger partial charge in [0.25, 0.3) is 5.91 Å². The Morgan fingerprint density at radius 2 is 1.61 bits per heavy atom. The predicted molar refractivity (Wildman–Crippen MR) is 112 cm³/mol. The van der Waals surface area contributed by atoms with Crippen molar-refractivity contribution in [1.82, 2.24) is 5.32 Å². The number of nitrogens with one attached hydrogen (secondary N) is 1. The van der Waals surface area contributed by atoms with E-state index in [0.29, 0.717) is 17.1 Å². The van der Waals surface area contributed by atoms with Crippen LogP contribution in [-0.2, 0) is 14.6 Å². The van der Waals surface area contributed by atoms with Crippen molar-refractivity contribution in [3.05, 3.63) is 90.2 Å². The average molecular weight is 441 g/mol. The number of benzene rings is 3. The van der Waals surface area contributed by atoms with Crippen LogP contribution in [0.2, 0.25) is 0 Å². The largest absolute Gasteiger partial charge is 0.485 e. The van der Waals surface area contributed by atoms with Crippen molar-refractivity contribution in [2.75, 3.05) is 13.2 Å². The zero-order chi connectivity index (χ0) is 21.8. The summed E-state index contributed by atoms with van der Waals surface area (Å²) >= 11 is 0. The third-order valence-corrected chi connectivity index (χ3v) is 7.07. The molecule has 1 N–H and O–H groups in total. The highest BCUT2D eigenvalue weighted by Crippen LogP contribution is 2.31. The van der Waals surface area contributed by atoms with Crippen LogP contribution in [0.3, 0.4) is 0 Å². The summed E-state index contributed by atoms with van der Waals surface area (Å²) < 4.78 is 51.1. The van der Waals surface area contributed by atoms with Crippen molar-refractivity contribution in [1.29, 1.82) is 0 Å². The molecule has 6 nitrogen and oxygen atoms in total. The summed E-state index contributed by atoms with van der Waals surface area (Å²) in [6.45, 7) is -0.159. The second-order valence-corrected chi connectivity index (χ2v) is 9.14. The molecule has 1 aliphatic heterocycles. The van der Waals surface area contributed by atoms with E-state index in [4.69, 9.17) is 9.47 Å². The van der Waals surface area contributed by atoms with Crippen molar-refractivity contribution in [2.24, 2.45) is 0 Å². The molecule has 31 heavy (non-hydrogen) atoms. The maximum Gasteiger partial charge on any atom is 0.264 e. The predicted octanol–water partition coefficient (Wildman–Crippen LogP) is 3.30. The van der Waals surface area contributed by atoms with Crippen LogP contribution in [0.5, 0.6) is 11.5 Å². The molecule has 4 rings (SSSR count). The van der Waals surface area contributed by atoms with Crippen molar-refractivity contribution < 1.29 is 27.1 Å². The summed E-state index contributed by atoms with van der Waals surface area (Å²) in [6.07, 6.45) is -0.903. The summed E-state index contributed by atoms with van der Waals surface area (Å²) in [5.41, 5.74) is 0.512. The van der Waals surface area contributed by atoms with Crippen LogP contribution < -0.4 is 14.8 Å². The lowest BCUT2D eigenvalue weighted by Gasteiger charge is -2.26. The molecule has 0 bridgehead atoms. The van der Waals surface area contributed by atoms with E-state index in [1.54, 1.807) is 54.6 Å². The molecule has 0 aliphatic carbocycles. The number of hydrogen-bond acceptors (Lipinski definition) is 5. The highest BCUT2D eigenvalue weighted by atomic mass is 32.2. The van der Waals surface area contributed by atoms with Gasteiger partial charge in [-0.25, -0.2) is 12.8 Å². The van der Waals surface area contributed by atoms with Gasteiger partial charge in [-0.05, 0) is 42.0 Å². The van der Waals surface area contributed by atoms with Crippen molar-refractivity contribution >= 4 is 15.7 Å². The van der Waals surface area contributed by atoms with E-state index in [1.165, 1.54) is 12.1 Å². The van der Waals surface area contributed by atoms with Crippen LogP contribution in [-0.4, -0.2) is 33.6 Å². The molecule has 0 saturated carbocycles. The molecule has 1 aliphatic rings. The summed E-state index contributed by atoms with van der Waals surface area (Å²) in [4.78, 5) is 12.7. The Kier molecular flexibility index (Phi) is 5.90. The van der Waals surface area contributed by atoms with E-state index in [9.17, 15) is 17.6 Å². The van der Waals surface area contributed by atoms with E-state index in [-0.39, 0.29) is 18.0 Å². The average Bonchev–Trinajstić information content (AvgIpc) is 2.79. The second-order valence-electron chi connectivity index (χ2n) is 7.01. The molecular weight excluding hydrogens is 421 g/mol. The Hall–Kier alpha value is -3.39. The Labute approximate surface area is 179 Å². The minimum absolute atomic E-state index is 0.0174. The van der Waals surface area contributed by atoms with Crippen molar-refractivity contribution in [3.8, 4) is 11.5 Å². The maximum absolute atomic E-state index is 13.3. The summed E-state index contributed by atoms with van der Waals surface area (Å²) in [5, 5.41) is 1.62. The molecule has 3 aromatic rings. The molecule has 160 valence electrons. The van der Waals surface area contributed by atoms with E-state index < -0.39 is 32.9 Å². The van der Waals surface area contributed by atoms with Crippen molar-refractivity contribution in [2.45, 2.75) is 16.2 Å². The van der Waals surface area contributed by atoms with Crippen LogP contribution >= 0.6 is 0 Å². The quantitative estimate of drug-likeness (QED) is 0.594. The molecule has 0 saturated heterocycles. The number of carbonyl (C=O) groups excluding carboxylic acids is 1. The van der Waals surface area contributed by atoms with Gasteiger partial charge < -0.3 is 14.8 Å². The zero-order valence-corrected chi connectivity index (χ0v) is 17.2. The number of ether oxygens (including phenoxy) is 2. The minimum Gasteiger partial charge on any atom is -0.485 e. The number of fused-ring (bicyclic) bond motifs is 1. The van der Waals surface area contributed by atoms with Gasteiger partial charge in [0.2, 0.25) is 6.10 Å². The summed E-state index contributed by atoms with van der Waals surface area (Å²) in [6, 6.07) is 20.2. The molecule has 1 amide bonds. The van der Waals surface area contributed by atoms with Crippen LogP contribution in [0.4, 0.5) is 4.39 Å². The van der Waals surface area contributed by atoms with E-state index in [0.717, 1.165) is 12.1 Å². The number of sulfone groups is 1. The number of halogens is 1. The molecule has 0 aromatic heterocycles. The molecule has 2 unspecified atom stereocenters. The van der Waals surface area contributed by atoms with Gasteiger partial charge in [0.1, 0.15) is 17.7 Å². The van der Waals surface area contributed by atoms with Crippen LogP contribution in [0.25, 0.3) is 0 Å². The highest BCUT2D eigenvalue weighted by Gasteiger charge is 2.32. The maximum atomic E-state index is 13.3. The van der Waals surface area contributed by atoms with Crippen molar-refractivity contribution in [3.63, 3.8) is 0 Å². The van der Waals surface area contributed by atoms with Gasteiger partial charge in [0.05, 0.1) is 4.90 Å². The standard InChI is InChI=1S/C23H20FNO5S/c24-17-10-12-18(13-11-17)31(27,28)22(16-6-2-1-3-7-16)14-25-23(26)21-15-29-19-8-4-5-9-20(19)30-21/h1-13,21-22H,14-15H2,(H,25,26). The van der Waals surface area contributed by atoms with Crippen LogP contribution in [0.15, 0.2) is 83.8 Å². The monoisotopic (exact) mass is 441 g/mol. The van der Waals surface area contributed by atoms with Gasteiger partial charge in [-0.3, -0.25) is 4.79 Å². The number of rotatable bonds is 6. The van der Waals surface area contributed by atoms with Crippen LogP contribution in [0.1, 0.15) is 10.8 Å².